The topological polar surface area (TPSA) is 88.8 Å². The summed E-state index contributed by atoms with van der Waals surface area (Å²) in [5.41, 5.74) is 2.20. The van der Waals surface area contributed by atoms with Crippen LogP contribution in [-0.4, -0.2) is 68.7 Å². The third-order valence-corrected chi connectivity index (χ3v) is 6.09. The standard InChI is InChI=1S/C22H19Cl2N7O2/c1-33-16-4-2-14(3-5-16)18-12-26-22-27-13-28-31(22)20(18)29-6-8-30(9-7-29)21(32)17-10-15(23)11-25-19(17)24/h2-5,10-13H,6-9H2,1H3. The van der Waals surface area contributed by atoms with Crippen molar-refractivity contribution in [3.05, 3.63) is 64.8 Å². The van der Waals surface area contributed by atoms with E-state index in [1.165, 1.54) is 12.5 Å². The van der Waals surface area contributed by atoms with Crippen LogP contribution < -0.4 is 9.64 Å². The summed E-state index contributed by atoms with van der Waals surface area (Å²) >= 11 is 12.1. The molecule has 11 heteroatoms. The molecule has 0 spiro atoms. The molecule has 1 aliphatic heterocycles. The zero-order chi connectivity index (χ0) is 22.9. The number of rotatable bonds is 4. The van der Waals surface area contributed by atoms with E-state index in [4.69, 9.17) is 27.9 Å². The lowest BCUT2D eigenvalue weighted by Crippen LogP contribution is -2.49. The highest BCUT2D eigenvalue weighted by molar-refractivity contribution is 6.34. The monoisotopic (exact) mass is 483 g/mol. The number of ether oxygens (including phenoxy) is 1. The van der Waals surface area contributed by atoms with Crippen LogP contribution in [0, 0.1) is 0 Å². The van der Waals surface area contributed by atoms with Crippen molar-refractivity contribution in [1.82, 2.24) is 29.5 Å². The zero-order valence-corrected chi connectivity index (χ0v) is 19.2. The minimum absolute atomic E-state index is 0.145. The molecule has 4 heterocycles. The maximum atomic E-state index is 13.0. The largest absolute Gasteiger partial charge is 0.497 e. The predicted octanol–water partition coefficient (Wildman–Crippen LogP) is 3.46. The molecule has 5 rings (SSSR count). The molecule has 0 aliphatic carbocycles. The Morgan fingerprint density at radius 2 is 1.76 bits per heavy atom. The number of nitrogens with zero attached hydrogens (tertiary/aromatic N) is 7. The van der Waals surface area contributed by atoms with Crippen LogP contribution in [0.3, 0.4) is 0 Å². The minimum Gasteiger partial charge on any atom is -0.497 e. The molecule has 1 aliphatic rings. The van der Waals surface area contributed by atoms with Crippen LogP contribution in [0.15, 0.2) is 49.1 Å². The molecule has 1 fully saturated rings. The van der Waals surface area contributed by atoms with E-state index in [0.717, 1.165) is 22.7 Å². The van der Waals surface area contributed by atoms with Crippen molar-refractivity contribution in [2.24, 2.45) is 0 Å². The number of carbonyl (C=O) groups excluding carboxylic acids is 1. The van der Waals surface area contributed by atoms with Crippen molar-refractivity contribution in [2.75, 3.05) is 38.2 Å². The summed E-state index contributed by atoms with van der Waals surface area (Å²) in [6.07, 6.45) is 4.71. The summed E-state index contributed by atoms with van der Waals surface area (Å²) < 4.78 is 7.01. The molecule has 1 aromatic carbocycles. The summed E-state index contributed by atoms with van der Waals surface area (Å²) in [5.74, 6) is 1.97. The van der Waals surface area contributed by atoms with Gasteiger partial charge in [0.15, 0.2) is 0 Å². The van der Waals surface area contributed by atoms with Gasteiger partial charge in [0.25, 0.3) is 11.7 Å². The second kappa shape index (κ2) is 8.84. The normalized spacial score (nSPS) is 14.0. The number of carbonyl (C=O) groups is 1. The fourth-order valence-electron chi connectivity index (χ4n) is 3.91. The molecule has 1 amide bonds. The molecule has 0 unspecified atom stereocenters. The van der Waals surface area contributed by atoms with Crippen LogP contribution in [0.5, 0.6) is 5.75 Å². The van der Waals surface area contributed by atoms with Crippen molar-refractivity contribution >= 4 is 40.7 Å². The number of fused-ring (bicyclic) bond motifs is 1. The number of piperazine rings is 1. The van der Waals surface area contributed by atoms with Crippen molar-refractivity contribution in [3.63, 3.8) is 0 Å². The van der Waals surface area contributed by atoms with Gasteiger partial charge >= 0.3 is 0 Å². The van der Waals surface area contributed by atoms with Crippen molar-refractivity contribution in [3.8, 4) is 16.9 Å². The van der Waals surface area contributed by atoms with Crippen LogP contribution >= 0.6 is 23.2 Å². The molecule has 4 aromatic rings. The molecule has 0 atom stereocenters. The molecular weight excluding hydrogens is 465 g/mol. The highest BCUT2D eigenvalue weighted by Crippen LogP contribution is 2.32. The van der Waals surface area contributed by atoms with Crippen LogP contribution in [0.2, 0.25) is 10.2 Å². The maximum Gasteiger partial charge on any atom is 0.257 e. The van der Waals surface area contributed by atoms with E-state index in [1.807, 2.05) is 24.3 Å². The van der Waals surface area contributed by atoms with E-state index >= 15 is 0 Å². The van der Waals surface area contributed by atoms with Crippen LogP contribution in [0.4, 0.5) is 5.82 Å². The fourth-order valence-corrected chi connectivity index (χ4v) is 4.25. The molecule has 3 aromatic heterocycles. The lowest BCUT2D eigenvalue weighted by atomic mass is 10.1. The first-order chi connectivity index (χ1) is 16.0. The molecule has 1 saturated heterocycles. The number of anilines is 1. The Hall–Kier alpha value is -3.43. The summed E-state index contributed by atoms with van der Waals surface area (Å²) in [6, 6.07) is 9.33. The van der Waals surface area contributed by atoms with E-state index < -0.39 is 0 Å². The molecule has 33 heavy (non-hydrogen) atoms. The highest BCUT2D eigenvalue weighted by Gasteiger charge is 2.27. The molecule has 0 N–H and O–H groups in total. The number of halogens is 2. The Morgan fingerprint density at radius 1 is 1.00 bits per heavy atom. The molecular formula is C22H19Cl2N7O2. The molecule has 0 saturated carbocycles. The highest BCUT2D eigenvalue weighted by atomic mass is 35.5. The Kier molecular flexibility index (Phi) is 5.74. The first-order valence-electron chi connectivity index (χ1n) is 10.2. The Labute approximate surface area is 199 Å². The molecule has 0 bridgehead atoms. The smallest absolute Gasteiger partial charge is 0.257 e. The zero-order valence-electron chi connectivity index (χ0n) is 17.7. The second-order valence-corrected chi connectivity index (χ2v) is 8.26. The van der Waals surface area contributed by atoms with Crippen LogP contribution in [0.25, 0.3) is 16.9 Å². The number of pyridine rings is 1. The van der Waals surface area contributed by atoms with E-state index in [2.05, 4.69) is 25.0 Å². The Bertz CT molecular complexity index is 1320. The number of benzene rings is 1. The van der Waals surface area contributed by atoms with Gasteiger partial charge in [-0.2, -0.15) is 14.6 Å². The lowest BCUT2D eigenvalue weighted by molar-refractivity contribution is 0.0746. The van der Waals surface area contributed by atoms with Gasteiger partial charge in [-0.3, -0.25) is 4.79 Å². The summed E-state index contributed by atoms with van der Waals surface area (Å²) in [5, 5.41) is 4.91. The maximum absolute atomic E-state index is 13.0. The number of hydrogen-bond acceptors (Lipinski definition) is 7. The first kappa shape index (κ1) is 21.4. The van der Waals surface area contributed by atoms with Crippen LogP contribution in [0.1, 0.15) is 10.4 Å². The van der Waals surface area contributed by atoms with Gasteiger partial charge in [-0.05, 0) is 23.8 Å². The third-order valence-electron chi connectivity index (χ3n) is 5.58. The summed E-state index contributed by atoms with van der Waals surface area (Å²) in [4.78, 5) is 29.6. The van der Waals surface area contributed by atoms with Crippen molar-refractivity contribution < 1.29 is 9.53 Å². The third kappa shape index (κ3) is 4.05. The Balaban J connectivity index is 1.44. The van der Waals surface area contributed by atoms with Gasteiger partial charge in [0, 0.05) is 44.1 Å². The SMILES string of the molecule is COc1ccc(-c2cnc3ncnn3c2N2CCN(C(=O)c3cc(Cl)cnc3Cl)CC2)cc1. The average Bonchev–Trinajstić information content (AvgIpc) is 3.34. The quantitative estimate of drug-likeness (QED) is 0.410. The van der Waals surface area contributed by atoms with E-state index in [9.17, 15) is 4.79 Å². The van der Waals surface area contributed by atoms with E-state index in [0.29, 0.717) is 42.5 Å². The van der Waals surface area contributed by atoms with Crippen molar-refractivity contribution in [1.29, 1.82) is 0 Å². The van der Waals surface area contributed by atoms with Gasteiger partial charge in [0.2, 0.25) is 0 Å². The van der Waals surface area contributed by atoms with E-state index in [-0.39, 0.29) is 11.1 Å². The average molecular weight is 484 g/mol. The minimum atomic E-state index is -0.189. The fraction of sp³-hybridized carbons (Fsp3) is 0.227. The number of methoxy groups -OCH3 is 1. The lowest BCUT2D eigenvalue weighted by Gasteiger charge is -2.36. The van der Waals surface area contributed by atoms with Gasteiger partial charge in [-0.15, -0.1) is 0 Å². The van der Waals surface area contributed by atoms with Crippen molar-refractivity contribution in [2.45, 2.75) is 0 Å². The van der Waals surface area contributed by atoms with Gasteiger partial charge in [-0.25, -0.2) is 9.97 Å². The number of aromatic nitrogens is 5. The summed E-state index contributed by atoms with van der Waals surface area (Å²) in [6.45, 7) is 2.20. The Morgan fingerprint density at radius 3 is 2.48 bits per heavy atom. The van der Waals surface area contributed by atoms with Gasteiger partial charge in [-0.1, -0.05) is 35.3 Å². The molecule has 9 nitrogen and oxygen atoms in total. The van der Waals surface area contributed by atoms with Gasteiger partial charge in [0.1, 0.15) is 23.0 Å². The molecule has 0 radical (unpaired) electrons. The second-order valence-electron chi connectivity index (χ2n) is 7.47. The predicted molar refractivity (Wildman–Crippen MR) is 125 cm³/mol. The van der Waals surface area contributed by atoms with Crippen LogP contribution in [-0.2, 0) is 0 Å². The number of hydrogen-bond donors (Lipinski definition) is 0. The summed E-state index contributed by atoms with van der Waals surface area (Å²) in [7, 11) is 1.64. The van der Waals surface area contributed by atoms with E-state index in [1.54, 1.807) is 28.8 Å². The molecule has 168 valence electrons. The van der Waals surface area contributed by atoms with Gasteiger partial charge in [0.05, 0.1) is 17.7 Å². The number of amides is 1. The first-order valence-corrected chi connectivity index (χ1v) is 11.0. The van der Waals surface area contributed by atoms with Gasteiger partial charge < -0.3 is 14.5 Å².